The largest absolute Gasteiger partial charge is 0.488 e. The van der Waals surface area contributed by atoms with Crippen molar-refractivity contribution in [2.75, 3.05) is 13.6 Å². The Hall–Kier alpha value is -2.32. The number of benzene rings is 1. The van der Waals surface area contributed by atoms with E-state index in [9.17, 15) is 0 Å². The molecule has 0 N–H and O–H groups in total. The highest BCUT2D eigenvalue weighted by Gasteiger charge is 2.05. The molecule has 2 heterocycles. The van der Waals surface area contributed by atoms with Gasteiger partial charge < -0.3 is 4.74 Å². The Labute approximate surface area is 188 Å². The van der Waals surface area contributed by atoms with E-state index in [1.807, 2.05) is 12.1 Å². The first kappa shape index (κ1) is 22.4. The second kappa shape index (κ2) is 10.6. The summed E-state index contributed by atoms with van der Waals surface area (Å²) in [6.45, 7) is 8.70. The molecule has 156 valence electrons. The lowest BCUT2D eigenvalue weighted by molar-refractivity contribution is 0.308. The van der Waals surface area contributed by atoms with Crippen LogP contribution in [0.1, 0.15) is 31.2 Å². The van der Waals surface area contributed by atoms with Gasteiger partial charge >= 0.3 is 0 Å². The molecule has 0 unspecified atom stereocenters. The molecule has 0 aliphatic rings. The van der Waals surface area contributed by atoms with Crippen LogP contribution in [0.2, 0.25) is 0 Å². The fraction of sp³-hybridized carbons (Fsp3) is 0.308. The summed E-state index contributed by atoms with van der Waals surface area (Å²) in [4.78, 5) is 3.50. The van der Waals surface area contributed by atoms with Crippen LogP contribution in [0.4, 0.5) is 0 Å². The van der Waals surface area contributed by atoms with E-state index in [0.717, 1.165) is 18.8 Å². The van der Waals surface area contributed by atoms with Crippen LogP contribution in [0.15, 0.2) is 64.7 Å². The number of likely N-dealkylation sites (N-methyl/N-ethyl adjacent to an activating group) is 1. The molecular weight excluding hydrogens is 406 g/mol. The van der Waals surface area contributed by atoms with Gasteiger partial charge in [-0.3, -0.25) is 4.90 Å². The zero-order valence-electron chi connectivity index (χ0n) is 18.1. The van der Waals surface area contributed by atoms with Gasteiger partial charge in [0, 0.05) is 23.4 Å². The molecule has 0 saturated carbocycles. The lowest BCUT2D eigenvalue weighted by Gasteiger charge is -2.15. The first-order valence-electron chi connectivity index (χ1n) is 10.1. The molecule has 0 atom stereocenters. The van der Waals surface area contributed by atoms with Gasteiger partial charge in [-0.25, -0.2) is 0 Å². The minimum atomic E-state index is 0.0469. The fourth-order valence-corrected chi connectivity index (χ4v) is 4.32. The Morgan fingerprint density at radius 3 is 2.73 bits per heavy atom. The number of allylic oxidation sites excluding steroid dienone is 1. The van der Waals surface area contributed by atoms with E-state index < -0.39 is 0 Å². The smallest absolute Gasteiger partial charge is 0.122 e. The average Bonchev–Trinajstić information content (AvgIpc) is 3.37. The molecule has 1 aromatic carbocycles. The van der Waals surface area contributed by atoms with Crippen molar-refractivity contribution in [3.8, 4) is 28.7 Å². The van der Waals surface area contributed by atoms with Crippen molar-refractivity contribution in [3.05, 3.63) is 75.1 Å². The minimum absolute atomic E-state index is 0.0469. The third-order valence-electron chi connectivity index (χ3n) is 4.31. The summed E-state index contributed by atoms with van der Waals surface area (Å²) in [5, 5.41) is 6.49. The Morgan fingerprint density at radius 2 is 1.97 bits per heavy atom. The molecule has 0 saturated heterocycles. The van der Waals surface area contributed by atoms with Gasteiger partial charge in [-0.05, 0) is 91.0 Å². The zero-order chi connectivity index (χ0) is 21.4. The molecule has 0 spiro atoms. The Bertz CT molecular complexity index is 1010. The highest BCUT2D eigenvalue weighted by molar-refractivity contribution is 7.10. The number of nitrogens with zero attached hydrogens (tertiary/aromatic N) is 1. The quantitative estimate of drug-likeness (QED) is 0.350. The maximum absolute atomic E-state index is 6.05. The molecule has 2 nitrogen and oxygen atoms in total. The molecular formula is C26H29NOS2. The van der Waals surface area contributed by atoms with Gasteiger partial charge in [-0.1, -0.05) is 30.0 Å². The van der Waals surface area contributed by atoms with Gasteiger partial charge in [0.2, 0.25) is 0 Å². The van der Waals surface area contributed by atoms with Crippen molar-refractivity contribution in [1.29, 1.82) is 0 Å². The molecule has 30 heavy (non-hydrogen) atoms. The van der Waals surface area contributed by atoms with Gasteiger partial charge in [-0.2, -0.15) is 11.3 Å². The number of hydrogen-bond acceptors (Lipinski definition) is 4. The summed E-state index contributed by atoms with van der Waals surface area (Å²) in [6.07, 6.45) is 4.06. The lowest BCUT2D eigenvalue weighted by Crippen LogP contribution is -2.17. The van der Waals surface area contributed by atoms with Gasteiger partial charge in [0.05, 0.1) is 0 Å². The number of hydrogen-bond donors (Lipinski definition) is 0. The van der Waals surface area contributed by atoms with Crippen LogP contribution >= 0.6 is 22.7 Å². The molecule has 3 rings (SSSR count). The van der Waals surface area contributed by atoms with Crippen molar-refractivity contribution in [2.24, 2.45) is 5.41 Å². The van der Waals surface area contributed by atoms with E-state index in [1.54, 1.807) is 22.7 Å². The van der Waals surface area contributed by atoms with E-state index in [1.165, 1.54) is 21.6 Å². The van der Waals surface area contributed by atoms with E-state index in [2.05, 4.69) is 97.1 Å². The molecule has 0 fully saturated rings. The monoisotopic (exact) mass is 435 g/mol. The molecule has 3 aromatic rings. The summed E-state index contributed by atoms with van der Waals surface area (Å²) in [5.41, 5.74) is 3.85. The van der Waals surface area contributed by atoms with Crippen LogP contribution in [0.25, 0.3) is 11.1 Å². The van der Waals surface area contributed by atoms with Gasteiger partial charge in [0.25, 0.3) is 0 Å². The highest BCUT2D eigenvalue weighted by atomic mass is 32.1. The Balaban J connectivity index is 1.49. The van der Waals surface area contributed by atoms with E-state index in [-0.39, 0.29) is 5.41 Å². The topological polar surface area (TPSA) is 12.5 Å². The third-order valence-corrected chi connectivity index (χ3v) is 5.90. The summed E-state index contributed by atoms with van der Waals surface area (Å²) in [7, 11) is 2.12. The molecule has 0 aliphatic heterocycles. The number of ether oxygens (including phenoxy) is 1. The van der Waals surface area contributed by atoms with Crippen LogP contribution < -0.4 is 4.74 Å². The SMILES string of the molecule is CN(C/C=C/C#CC(C)(C)C)Cc1cccc(OCc2cc(-c3ccsc3)cs2)c1. The highest BCUT2D eigenvalue weighted by Crippen LogP contribution is 2.28. The standard InChI is InChI=1S/C26H29NOS2/c1-26(2,3)12-6-5-7-13-27(4)17-21-9-8-10-24(15-21)28-18-25-16-23(20-30-25)22-11-14-29-19-22/h5,7-11,14-16,19-20H,13,17-18H2,1-4H3/b7-5+. The maximum Gasteiger partial charge on any atom is 0.122 e. The van der Waals surface area contributed by atoms with Crippen molar-refractivity contribution >= 4 is 22.7 Å². The summed E-state index contributed by atoms with van der Waals surface area (Å²) < 4.78 is 6.05. The average molecular weight is 436 g/mol. The predicted molar refractivity (Wildman–Crippen MR) is 131 cm³/mol. The second-order valence-corrected chi connectivity index (χ2v) is 10.1. The number of rotatable bonds is 8. The lowest BCUT2D eigenvalue weighted by atomic mass is 9.98. The van der Waals surface area contributed by atoms with Crippen LogP contribution in [0, 0.1) is 17.3 Å². The summed E-state index contributed by atoms with van der Waals surface area (Å²) in [6, 6.07) is 12.7. The van der Waals surface area contributed by atoms with Crippen LogP contribution in [-0.4, -0.2) is 18.5 Å². The Morgan fingerprint density at radius 1 is 1.10 bits per heavy atom. The first-order chi connectivity index (χ1) is 14.4. The summed E-state index contributed by atoms with van der Waals surface area (Å²) >= 11 is 3.48. The normalized spacial score (nSPS) is 11.6. The maximum atomic E-state index is 6.05. The molecule has 2 aromatic heterocycles. The molecule has 0 amide bonds. The van der Waals surface area contributed by atoms with Crippen LogP contribution in [-0.2, 0) is 13.2 Å². The molecule has 0 aliphatic carbocycles. The van der Waals surface area contributed by atoms with Gasteiger partial charge in [0.1, 0.15) is 12.4 Å². The van der Waals surface area contributed by atoms with Crippen molar-refractivity contribution in [2.45, 2.75) is 33.9 Å². The minimum Gasteiger partial charge on any atom is -0.488 e. The van der Waals surface area contributed by atoms with Gasteiger partial charge in [0.15, 0.2) is 0 Å². The Kier molecular flexibility index (Phi) is 7.93. The number of thiophene rings is 2. The second-order valence-electron chi connectivity index (χ2n) is 8.37. The van der Waals surface area contributed by atoms with E-state index >= 15 is 0 Å². The van der Waals surface area contributed by atoms with E-state index in [4.69, 9.17) is 4.74 Å². The third kappa shape index (κ3) is 7.50. The molecule has 4 heteroatoms. The molecule has 0 bridgehead atoms. The fourth-order valence-electron chi connectivity index (χ4n) is 2.85. The van der Waals surface area contributed by atoms with Crippen molar-refractivity contribution in [1.82, 2.24) is 4.90 Å². The van der Waals surface area contributed by atoms with Gasteiger partial charge in [-0.15, -0.1) is 11.3 Å². The molecule has 0 radical (unpaired) electrons. The van der Waals surface area contributed by atoms with Crippen LogP contribution in [0.3, 0.4) is 0 Å². The summed E-state index contributed by atoms with van der Waals surface area (Å²) in [5.74, 6) is 7.25. The van der Waals surface area contributed by atoms with Crippen molar-refractivity contribution < 1.29 is 4.74 Å². The predicted octanol–water partition coefficient (Wildman–Crippen LogP) is 7.09. The zero-order valence-corrected chi connectivity index (χ0v) is 19.8. The van der Waals surface area contributed by atoms with Crippen molar-refractivity contribution in [3.63, 3.8) is 0 Å². The van der Waals surface area contributed by atoms with Crippen LogP contribution in [0.5, 0.6) is 5.75 Å². The first-order valence-corrected chi connectivity index (χ1v) is 11.9. The van der Waals surface area contributed by atoms with E-state index in [0.29, 0.717) is 6.61 Å².